The van der Waals surface area contributed by atoms with E-state index in [9.17, 15) is 9.59 Å². The minimum Gasteiger partial charge on any atom is -0.457 e. The molecule has 1 fully saturated rings. The Kier molecular flexibility index (Phi) is 2.19. The summed E-state index contributed by atoms with van der Waals surface area (Å²) >= 11 is 0. The Bertz CT molecular complexity index is 538. The molecule has 1 saturated heterocycles. The van der Waals surface area contributed by atoms with E-state index in [-0.39, 0.29) is 35.1 Å². The summed E-state index contributed by atoms with van der Waals surface area (Å²) in [5, 5.41) is 0. The van der Waals surface area contributed by atoms with E-state index >= 15 is 0 Å². The molecule has 0 aromatic heterocycles. The van der Waals surface area contributed by atoms with Gasteiger partial charge in [-0.25, -0.2) is 0 Å². The Labute approximate surface area is 106 Å². The highest BCUT2D eigenvalue weighted by molar-refractivity contribution is 6.06. The predicted octanol–water partition coefficient (Wildman–Crippen LogP) is 2.20. The van der Waals surface area contributed by atoms with Gasteiger partial charge in [0.05, 0.1) is 5.92 Å². The second kappa shape index (κ2) is 3.44. The van der Waals surface area contributed by atoms with Crippen LogP contribution in [0.4, 0.5) is 0 Å². The van der Waals surface area contributed by atoms with E-state index < -0.39 is 0 Å². The predicted molar refractivity (Wildman–Crippen MR) is 66.6 cm³/mol. The van der Waals surface area contributed by atoms with E-state index in [0.717, 1.165) is 11.1 Å². The zero-order valence-corrected chi connectivity index (χ0v) is 10.8. The summed E-state index contributed by atoms with van der Waals surface area (Å²) in [6, 6.07) is 0. The van der Waals surface area contributed by atoms with Crippen molar-refractivity contribution >= 4 is 11.8 Å². The maximum absolute atomic E-state index is 11.8. The third kappa shape index (κ3) is 1.30. The first-order chi connectivity index (χ1) is 8.44. The number of fused-ring (bicyclic) bond motifs is 3. The lowest BCUT2D eigenvalue weighted by atomic mass is 9.66. The molecule has 0 aromatic carbocycles. The van der Waals surface area contributed by atoms with E-state index in [0.29, 0.717) is 0 Å². The fourth-order valence-electron chi connectivity index (χ4n) is 3.23. The lowest BCUT2D eigenvalue weighted by Crippen LogP contribution is -2.36. The number of ether oxygens (including phenoxy) is 1. The van der Waals surface area contributed by atoms with Crippen molar-refractivity contribution in [2.24, 2.45) is 17.3 Å². The van der Waals surface area contributed by atoms with Crippen LogP contribution < -0.4 is 0 Å². The first kappa shape index (κ1) is 11.5. The highest BCUT2D eigenvalue weighted by Crippen LogP contribution is 2.49. The van der Waals surface area contributed by atoms with Crippen molar-refractivity contribution in [3.05, 3.63) is 35.5 Å². The molecule has 1 heterocycles. The van der Waals surface area contributed by atoms with Crippen molar-refractivity contribution in [3.63, 3.8) is 0 Å². The first-order valence-corrected chi connectivity index (χ1v) is 6.29. The van der Waals surface area contributed by atoms with Crippen LogP contribution in [0.2, 0.25) is 0 Å². The van der Waals surface area contributed by atoms with Crippen molar-refractivity contribution in [3.8, 4) is 0 Å². The van der Waals surface area contributed by atoms with Crippen LogP contribution in [-0.4, -0.2) is 17.9 Å². The van der Waals surface area contributed by atoms with Gasteiger partial charge in [0.1, 0.15) is 6.10 Å². The summed E-state index contributed by atoms with van der Waals surface area (Å²) < 4.78 is 5.50. The molecule has 3 heteroatoms. The average Bonchev–Trinajstić information content (AvgIpc) is 2.60. The molecule has 0 amide bonds. The molecule has 3 rings (SSSR count). The molecule has 18 heavy (non-hydrogen) atoms. The minimum atomic E-state index is -0.288. The standard InChI is InChI=1S/C15H16O3/c1-8-10-4-6-15(3)7-5-11(16)9(2)12(15)13(10)18-14(8)17/h4-8,10,13H,1-3H3/t8-,10-,13-,15-/m0/s1. The van der Waals surface area contributed by atoms with Gasteiger partial charge in [-0.2, -0.15) is 0 Å². The fraction of sp³-hybridized carbons (Fsp3) is 0.467. The lowest BCUT2D eigenvalue weighted by Gasteiger charge is -2.38. The number of allylic oxidation sites excluding steroid dienone is 4. The Morgan fingerprint density at radius 2 is 2.00 bits per heavy atom. The smallest absolute Gasteiger partial charge is 0.310 e. The molecule has 0 bridgehead atoms. The molecule has 1 aliphatic heterocycles. The van der Waals surface area contributed by atoms with Gasteiger partial charge >= 0.3 is 5.97 Å². The maximum atomic E-state index is 11.8. The van der Waals surface area contributed by atoms with Crippen LogP contribution in [-0.2, 0) is 14.3 Å². The van der Waals surface area contributed by atoms with E-state index in [1.807, 2.05) is 19.9 Å². The van der Waals surface area contributed by atoms with Gasteiger partial charge < -0.3 is 4.74 Å². The maximum Gasteiger partial charge on any atom is 0.310 e. The number of hydrogen-bond donors (Lipinski definition) is 0. The number of carbonyl (C=O) groups excluding carboxylic acids is 2. The number of rotatable bonds is 0. The second-order valence-electron chi connectivity index (χ2n) is 5.60. The van der Waals surface area contributed by atoms with Crippen molar-refractivity contribution in [1.82, 2.24) is 0 Å². The molecule has 4 atom stereocenters. The molecule has 0 spiro atoms. The van der Waals surface area contributed by atoms with Crippen molar-refractivity contribution in [2.45, 2.75) is 26.9 Å². The zero-order valence-electron chi connectivity index (χ0n) is 10.8. The van der Waals surface area contributed by atoms with Gasteiger partial charge in [-0.15, -0.1) is 0 Å². The number of ketones is 1. The summed E-state index contributed by atoms with van der Waals surface area (Å²) in [5.41, 5.74) is 1.39. The van der Waals surface area contributed by atoms with Gasteiger partial charge in [-0.05, 0) is 25.5 Å². The monoisotopic (exact) mass is 244 g/mol. The number of esters is 1. The minimum absolute atomic E-state index is 0.0205. The van der Waals surface area contributed by atoms with Crippen molar-refractivity contribution in [1.29, 1.82) is 0 Å². The van der Waals surface area contributed by atoms with Crippen LogP contribution in [0.1, 0.15) is 20.8 Å². The van der Waals surface area contributed by atoms with Gasteiger partial charge in [-0.1, -0.05) is 25.2 Å². The third-order valence-corrected chi connectivity index (χ3v) is 4.43. The van der Waals surface area contributed by atoms with Crippen LogP contribution in [0.3, 0.4) is 0 Å². The summed E-state index contributed by atoms with van der Waals surface area (Å²) in [5.74, 6) is -0.208. The molecular formula is C15H16O3. The molecule has 0 saturated carbocycles. The summed E-state index contributed by atoms with van der Waals surface area (Å²) in [4.78, 5) is 23.6. The highest BCUT2D eigenvalue weighted by Gasteiger charge is 2.50. The Morgan fingerprint density at radius 1 is 1.28 bits per heavy atom. The zero-order chi connectivity index (χ0) is 13.1. The van der Waals surface area contributed by atoms with Gasteiger partial charge in [0.25, 0.3) is 0 Å². The van der Waals surface area contributed by atoms with Gasteiger partial charge in [0, 0.05) is 16.9 Å². The molecule has 0 unspecified atom stereocenters. The second-order valence-corrected chi connectivity index (χ2v) is 5.60. The molecule has 0 radical (unpaired) electrons. The van der Waals surface area contributed by atoms with Gasteiger partial charge in [0.2, 0.25) is 0 Å². The normalized spacial score (nSPS) is 41.8. The molecule has 94 valence electrons. The van der Waals surface area contributed by atoms with E-state index in [4.69, 9.17) is 4.74 Å². The number of carbonyl (C=O) groups is 2. The van der Waals surface area contributed by atoms with E-state index in [1.54, 1.807) is 6.08 Å². The largest absolute Gasteiger partial charge is 0.457 e. The first-order valence-electron chi connectivity index (χ1n) is 6.29. The van der Waals surface area contributed by atoms with Crippen LogP contribution >= 0.6 is 0 Å². The highest BCUT2D eigenvalue weighted by atomic mass is 16.6. The van der Waals surface area contributed by atoms with Gasteiger partial charge in [0.15, 0.2) is 5.78 Å². The van der Waals surface area contributed by atoms with Gasteiger partial charge in [-0.3, -0.25) is 9.59 Å². The van der Waals surface area contributed by atoms with Crippen molar-refractivity contribution < 1.29 is 14.3 Å². The molecule has 3 aliphatic rings. The van der Waals surface area contributed by atoms with E-state index in [1.165, 1.54) is 0 Å². The van der Waals surface area contributed by atoms with Crippen LogP contribution in [0.5, 0.6) is 0 Å². The summed E-state index contributed by atoms with van der Waals surface area (Å²) in [6.07, 6.45) is 7.41. The Morgan fingerprint density at radius 3 is 2.72 bits per heavy atom. The average molecular weight is 244 g/mol. The Balaban J connectivity index is 2.17. The molecule has 0 aromatic rings. The summed E-state index contributed by atoms with van der Waals surface area (Å²) in [6.45, 7) is 5.77. The van der Waals surface area contributed by atoms with Crippen molar-refractivity contribution in [2.75, 3.05) is 0 Å². The van der Waals surface area contributed by atoms with Crippen LogP contribution in [0.15, 0.2) is 35.5 Å². The van der Waals surface area contributed by atoms with E-state index in [2.05, 4.69) is 19.1 Å². The third-order valence-electron chi connectivity index (χ3n) is 4.43. The van der Waals surface area contributed by atoms with Crippen LogP contribution in [0, 0.1) is 17.3 Å². The summed E-state index contributed by atoms with van der Waals surface area (Å²) in [7, 11) is 0. The molecule has 3 nitrogen and oxygen atoms in total. The molecule has 0 N–H and O–H groups in total. The molecular weight excluding hydrogens is 228 g/mol. The fourth-order valence-corrected chi connectivity index (χ4v) is 3.23. The lowest BCUT2D eigenvalue weighted by molar-refractivity contribution is -0.143. The number of hydrogen-bond acceptors (Lipinski definition) is 3. The topological polar surface area (TPSA) is 43.4 Å². The van der Waals surface area contributed by atoms with Crippen LogP contribution in [0.25, 0.3) is 0 Å². The quantitative estimate of drug-likeness (QED) is 0.484. The SMILES string of the molecule is CC1=C2[C@H]3OC(=O)[C@@H](C)[C@@H]3C=C[C@@]2(C)C=CC1=O. The molecule has 2 aliphatic carbocycles. The Hall–Kier alpha value is -1.64.